The highest BCUT2D eigenvalue weighted by molar-refractivity contribution is 7.22. The number of thiazole rings is 4. The van der Waals surface area contributed by atoms with Crippen molar-refractivity contribution in [2.24, 2.45) is 35.5 Å². The van der Waals surface area contributed by atoms with Crippen molar-refractivity contribution in [3.05, 3.63) is 44.3 Å². The van der Waals surface area contributed by atoms with Crippen molar-refractivity contribution < 1.29 is 43.2 Å². The van der Waals surface area contributed by atoms with Gasteiger partial charge in [-0.15, -0.1) is 45.3 Å². The van der Waals surface area contributed by atoms with Crippen LogP contribution in [-0.4, -0.2) is 82.0 Å². The third-order valence-electron chi connectivity index (χ3n) is 11.8. The number of hydrogen-bond donors (Lipinski definition) is 1. The van der Waals surface area contributed by atoms with Gasteiger partial charge in [-0.1, -0.05) is 120 Å². The van der Waals surface area contributed by atoms with Crippen LogP contribution in [0.15, 0.2) is 24.3 Å². The molecule has 0 spiro atoms. The first-order chi connectivity index (χ1) is 33.9. The molecule has 0 saturated heterocycles. The maximum atomic E-state index is 12.6. The Kier molecular flexibility index (Phi) is 25.7. The van der Waals surface area contributed by atoms with Crippen LogP contribution in [0.5, 0.6) is 0 Å². The van der Waals surface area contributed by atoms with Gasteiger partial charge in [0.2, 0.25) is 20.0 Å². The van der Waals surface area contributed by atoms with Crippen LogP contribution in [0, 0.1) is 35.5 Å². The van der Waals surface area contributed by atoms with E-state index in [0.29, 0.717) is 81.9 Å². The average molecular weight is 1060 g/mol. The van der Waals surface area contributed by atoms with Crippen molar-refractivity contribution in [1.82, 2.24) is 19.9 Å². The molecule has 0 aliphatic carbocycles. The van der Waals surface area contributed by atoms with Crippen molar-refractivity contribution in [3.8, 4) is 0 Å². The number of aliphatic hydroxyl groups excluding tert-OH is 1. The molecule has 0 bridgehead atoms. The number of aromatic nitrogens is 4. The summed E-state index contributed by atoms with van der Waals surface area (Å²) in [7, 11) is 0. The van der Waals surface area contributed by atoms with E-state index in [9.17, 15) is 19.2 Å². The summed E-state index contributed by atoms with van der Waals surface area (Å²) in [5.41, 5.74) is 2.82. The van der Waals surface area contributed by atoms with E-state index in [0.717, 1.165) is 79.7 Å². The summed E-state index contributed by atoms with van der Waals surface area (Å²) in [6.07, 6.45) is 13.9. The van der Waals surface area contributed by atoms with E-state index in [2.05, 4.69) is 82.2 Å². The van der Waals surface area contributed by atoms with Crippen LogP contribution in [0.2, 0.25) is 0 Å². The molecule has 0 aliphatic rings. The summed E-state index contributed by atoms with van der Waals surface area (Å²) in [4.78, 5) is 66.1. The molecule has 71 heavy (non-hydrogen) atoms. The Morgan fingerprint density at radius 2 is 0.690 bits per heavy atom. The molecule has 6 rings (SSSR count). The van der Waals surface area contributed by atoms with Crippen molar-refractivity contribution in [3.63, 3.8) is 0 Å². The molecule has 2 aromatic carbocycles. The first kappa shape index (κ1) is 59.4. The van der Waals surface area contributed by atoms with Crippen LogP contribution in [0.25, 0.3) is 40.9 Å². The first-order valence-corrected chi connectivity index (χ1v) is 28.9. The predicted octanol–water partition coefficient (Wildman–Crippen LogP) is 15.0. The zero-order chi connectivity index (χ0) is 52.0. The standard InChI is InChI=1S/C30H44N2O4S2.C14H12N2O4S2.C10H22O/c1-19(2)9-7-11-21(5)13-15-35-29(33)27-31-23-17-26-24(18-25(23)37-27)32-28(38-26)30(34)36-16-14-22(6)12-8-10-20(3)4;1-3-19-13(17)11-15-7-5-10-8(6-9(7)21-11)16-12(22-10)14(18)20-4-2;1-9(2)5-4-6-10(3)7-8-11/h17-22H,7-16H2,1-6H3;5-6H,3-4H2,1-2H3;9-11H,4-8H2,1-3H3. The van der Waals surface area contributed by atoms with Crippen LogP contribution in [0.1, 0.15) is 192 Å². The third kappa shape index (κ3) is 20.3. The lowest BCUT2D eigenvalue weighted by atomic mass is 9.98. The number of carbonyl (C=O) groups is 4. The van der Waals surface area contributed by atoms with Gasteiger partial charge in [-0.2, -0.15) is 0 Å². The lowest BCUT2D eigenvalue weighted by Crippen LogP contribution is -2.09. The van der Waals surface area contributed by atoms with Gasteiger partial charge in [0.25, 0.3) is 0 Å². The summed E-state index contributed by atoms with van der Waals surface area (Å²) in [6.45, 7) is 25.5. The number of nitrogens with zero attached hydrogens (tertiary/aromatic N) is 4. The predicted molar refractivity (Wildman–Crippen MR) is 293 cm³/mol. The molecule has 4 aromatic heterocycles. The van der Waals surface area contributed by atoms with E-state index in [-0.39, 0.29) is 11.9 Å². The molecule has 3 unspecified atom stereocenters. The minimum atomic E-state index is -0.424. The second kappa shape index (κ2) is 30.8. The van der Waals surface area contributed by atoms with Gasteiger partial charge < -0.3 is 24.1 Å². The zero-order valence-electron chi connectivity index (χ0n) is 43.9. The fraction of sp³-hybridized carbons (Fsp3) is 0.630. The molecule has 6 aromatic rings. The molecular weight excluding hydrogens is 977 g/mol. The highest BCUT2D eigenvalue weighted by atomic mass is 32.1. The monoisotopic (exact) mass is 1050 g/mol. The Bertz CT molecular complexity index is 2320. The van der Waals surface area contributed by atoms with Crippen LogP contribution in [-0.2, 0) is 18.9 Å². The number of ether oxygens (including phenoxy) is 4. The van der Waals surface area contributed by atoms with Crippen LogP contribution in [0.4, 0.5) is 0 Å². The molecule has 0 amide bonds. The Morgan fingerprint density at radius 3 is 0.944 bits per heavy atom. The van der Waals surface area contributed by atoms with Gasteiger partial charge in [-0.05, 0) is 92.9 Å². The molecule has 0 aliphatic heterocycles. The van der Waals surface area contributed by atoms with Gasteiger partial charge in [0.1, 0.15) is 0 Å². The summed E-state index contributed by atoms with van der Waals surface area (Å²) in [6, 6.07) is 7.43. The number of hydrogen-bond acceptors (Lipinski definition) is 17. The number of benzene rings is 2. The number of esters is 4. The lowest BCUT2D eigenvalue weighted by Gasteiger charge is -2.12. The van der Waals surface area contributed by atoms with E-state index < -0.39 is 11.9 Å². The van der Waals surface area contributed by atoms with E-state index >= 15 is 0 Å². The van der Waals surface area contributed by atoms with Crippen LogP contribution in [0.3, 0.4) is 0 Å². The topological polar surface area (TPSA) is 177 Å². The smallest absolute Gasteiger partial charge is 0.367 e. The van der Waals surface area contributed by atoms with E-state index in [1.165, 1.54) is 90.3 Å². The van der Waals surface area contributed by atoms with Crippen LogP contribution >= 0.6 is 45.3 Å². The highest BCUT2D eigenvalue weighted by Crippen LogP contribution is 2.33. The number of carbonyl (C=O) groups excluding carboxylic acids is 4. The number of fused-ring (bicyclic) bond motifs is 4. The van der Waals surface area contributed by atoms with Crippen molar-refractivity contribution in [2.75, 3.05) is 33.0 Å². The fourth-order valence-corrected chi connectivity index (χ4v) is 11.0. The second-order valence-corrected chi connectivity index (χ2v) is 23.9. The fourth-order valence-electron chi connectivity index (χ4n) is 7.54. The van der Waals surface area contributed by atoms with E-state index in [4.69, 9.17) is 24.1 Å². The summed E-state index contributed by atoms with van der Waals surface area (Å²) >= 11 is 5.11. The SMILES string of the molecule is CC(C)CCCC(C)CCO.CC(C)CCCC(C)CCOC(=O)c1nc2cc3sc(C(=O)OCCC(C)CCCC(C)C)nc3cc2s1.CCOC(=O)c1nc2cc3sc(C(=O)OCC)nc3cc2s1. The Balaban J connectivity index is 0.000000277. The van der Waals surface area contributed by atoms with E-state index in [1.807, 2.05) is 24.3 Å². The normalized spacial score (nSPS) is 12.8. The van der Waals surface area contributed by atoms with E-state index in [1.54, 1.807) is 13.8 Å². The number of aliphatic hydroxyl groups is 1. The molecular formula is C54H78N4O9S4. The largest absolute Gasteiger partial charge is 0.461 e. The Labute approximate surface area is 436 Å². The minimum absolute atomic E-state index is 0.314. The minimum Gasteiger partial charge on any atom is -0.461 e. The maximum absolute atomic E-state index is 12.6. The third-order valence-corrected chi connectivity index (χ3v) is 15.8. The van der Waals surface area contributed by atoms with Gasteiger partial charge in [0.05, 0.1) is 67.3 Å². The lowest BCUT2D eigenvalue weighted by molar-refractivity contribution is 0.0474. The second-order valence-electron chi connectivity index (χ2n) is 19.7. The quantitative estimate of drug-likeness (QED) is 0.0401. The van der Waals surface area contributed by atoms with Crippen molar-refractivity contribution in [1.29, 1.82) is 0 Å². The van der Waals surface area contributed by atoms with Gasteiger partial charge in [-0.3, -0.25) is 0 Å². The van der Waals surface area contributed by atoms with Crippen molar-refractivity contribution in [2.45, 2.75) is 153 Å². The van der Waals surface area contributed by atoms with Crippen molar-refractivity contribution >= 4 is 110 Å². The molecule has 4 heterocycles. The van der Waals surface area contributed by atoms with Gasteiger partial charge in [0, 0.05) is 6.61 Å². The highest BCUT2D eigenvalue weighted by Gasteiger charge is 2.20. The van der Waals surface area contributed by atoms with Gasteiger partial charge in [0.15, 0.2) is 0 Å². The molecule has 0 saturated carbocycles. The zero-order valence-corrected chi connectivity index (χ0v) is 47.2. The molecule has 17 heteroatoms. The summed E-state index contributed by atoms with van der Waals surface area (Å²) in [5.74, 6) is 2.47. The maximum Gasteiger partial charge on any atom is 0.367 e. The van der Waals surface area contributed by atoms with Crippen LogP contribution < -0.4 is 0 Å². The Morgan fingerprint density at radius 1 is 0.423 bits per heavy atom. The van der Waals surface area contributed by atoms with Gasteiger partial charge in [-0.25, -0.2) is 39.1 Å². The Hall–Kier alpha value is -4.16. The molecule has 1 N–H and O–H groups in total. The summed E-state index contributed by atoms with van der Waals surface area (Å²) < 4.78 is 24.3. The molecule has 392 valence electrons. The summed E-state index contributed by atoms with van der Waals surface area (Å²) in [5, 5.41) is 9.99. The molecule has 0 fully saturated rings. The first-order valence-electron chi connectivity index (χ1n) is 25.6. The molecule has 0 radical (unpaired) electrons. The number of rotatable bonds is 26. The average Bonchev–Trinajstić information content (AvgIpc) is 4.12. The molecule has 13 nitrogen and oxygen atoms in total. The molecule has 3 atom stereocenters. The van der Waals surface area contributed by atoms with Gasteiger partial charge >= 0.3 is 23.9 Å².